The minimum absolute atomic E-state index is 0.0781. The number of hydrogen-bond donors (Lipinski definition) is 1. The quantitative estimate of drug-likeness (QED) is 0.182. The second-order valence-corrected chi connectivity index (χ2v) is 18.0. The Morgan fingerprint density at radius 3 is 2.12 bits per heavy atom. The molecule has 58 heavy (non-hydrogen) atoms. The van der Waals surface area contributed by atoms with E-state index < -0.39 is 0 Å². The summed E-state index contributed by atoms with van der Waals surface area (Å²) in [7, 11) is 0.767. The number of benzene rings is 8. The molecule has 0 saturated carbocycles. The summed E-state index contributed by atoms with van der Waals surface area (Å²) in [6, 6.07) is 53.2. The molecule has 8 aromatic carbocycles. The number of nitrogens with zero attached hydrogens (tertiary/aromatic N) is 1. The van der Waals surface area contributed by atoms with E-state index in [9.17, 15) is 0 Å². The van der Waals surface area contributed by atoms with E-state index in [-0.39, 0.29) is 5.41 Å². The predicted molar refractivity (Wildman–Crippen MR) is 249 cm³/mol. The summed E-state index contributed by atoms with van der Waals surface area (Å²) >= 11 is 1.86. The molecule has 4 aromatic heterocycles. The van der Waals surface area contributed by atoms with Gasteiger partial charge in [-0.15, -0.1) is 11.3 Å². The Hall–Kier alpha value is -6.76. The molecule has 0 fully saturated rings. The first-order valence-electron chi connectivity index (χ1n) is 20.0. The maximum absolute atomic E-state index is 6.52. The third-order valence-electron chi connectivity index (χ3n) is 12.6. The van der Waals surface area contributed by atoms with Crippen LogP contribution < -0.4 is 16.2 Å². The molecular weight excluding hydrogens is 727 g/mol. The third-order valence-corrected chi connectivity index (χ3v) is 13.7. The second-order valence-electron chi connectivity index (χ2n) is 17.0. The molecule has 274 valence electrons. The SMILES string of the molecule is CC(C)(C)c1ccc(Nc2cc3sc4ccccc4c3cc2-c2ccc3c4c5c(ccc4n4c3c2Bc2cc3oc6ccccc6c3cc2-4)oc2ccccc25)cc1. The van der Waals surface area contributed by atoms with E-state index in [2.05, 4.69) is 170 Å². The van der Waals surface area contributed by atoms with Gasteiger partial charge in [-0.25, -0.2) is 0 Å². The predicted octanol–water partition coefficient (Wildman–Crippen LogP) is 13.4. The first-order valence-corrected chi connectivity index (χ1v) is 20.9. The van der Waals surface area contributed by atoms with Crippen molar-refractivity contribution in [1.82, 2.24) is 4.57 Å². The highest BCUT2D eigenvalue weighted by atomic mass is 32.1. The molecule has 1 aliphatic rings. The van der Waals surface area contributed by atoms with Crippen molar-refractivity contribution in [3.63, 3.8) is 0 Å². The van der Waals surface area contributed by atoms with Crippen LogP contribution in [0.2, 0.25) is 0 Å². The van der Waals surface area contributed by atoms with Crippen molar-refractivity contribution in [2.24, 2.45) is 0 Å². The van der Waals surface area contributed by atoms with Gasteiger partial charge in [0.2, 0.25) is 0 Å². The van der Waals surface area contributed by atoms with E-state index in [4.69, 9.17) is 8.83 Å². The summed E-state index contributed by atoms with van der Waals surface area (Å²) in [4.78, 5) is 0. The zero-order valence-electron chi connectivity index (χ0n) is 32.2. The summed E-state index contributed by atoms with van der Waals surface area (Å²) in [6.07, 6.45) is 0. The topological polar surface area (TPSA) is 43.2 Å². The molecule has 0 unspecified atom stereocenters. The summed E-state index contributed by atoms with van der Waals surface area (Å²) in [5, 5.41) is 13.5. The van der Waals surface area contributed by atoms with Gasteiger partial charge in [0.05, 0.1) is 5.52 Å². The van der Waals surface area contributed by atoms with Gasteiger partial charge in [0, 0.05) is 80.6 Å². The van der Waals surface area contributed by atoms with Crippen molar-refractivity contribution in [2.75, 3.05) is 5.32 Å². The molecule has 5 heterocycles. The van der Waals surface area contributed by atoms with Gasteiger partial charge >= 0.3 is 0 Å². The zero-order valence-corrected chi connectivity index (χ0v) is 33.1. The number of nitrogens with one attached hydrogen (secondary N) is 1. The lowest BCUT2D eigenvalue weighted by Crippen LogP contribution is -2.37. The molecule has 12 aromatic rings. The Labute approximate surface area is 338 Å². The number of anilines is 2. The standard InChI is InChI=1S/C52H35BN2O2S/c1-52(2,3)28-16-18-29(19-17-28)54-39-27-47-37(31-11-6-9-15-46(31)58-47)24-35(39)32-20-21-34-48-40(22-23-44-49(48)33-12-5-8-14-43(33)56-44)55-41-25-36-30-10-4-7-13-42(30)57-45(36)26-38(41)53-50(32)51(34)55/h4-27,53-54H,1-3H3. The highest BCUT2D eigenvalue weighted by molar-refractivity contribution is 7.25. The average Bonchev–Trinajstić information content (AvgIpc) is 3.99. The van der Waals surface area contributed by atoms with E-state index in [1.54, 1.807) is 0 Å². The Kier molecular flexibility index (Phi) is 6.37. The molecule has 0 amide bonds. The number of para-hydroxylation sites is 2. The van der Waals surface area contributed by atoms with Crippen LogP contribution in [-0.2, 0) is 5.41 Å². The van der Waals surface area contributed by atoms with Crippen molar-refractivity contribution in [2.45, 2.75) is 26.2 Å². The molecule has 0 radical (unpaired) electrons. The first kappa shape index (κ1) is 32.3. The fraction of sp³-hybridized carbons (Fsp3) is 0.0769. The van der Waals surface area contributed by atoms with E-state index in [1.165, 1.54) is 80.7 Å². The third kappa shape index (κ3) is 4.46. The van der Waals surface area contributed by atoms with Crippen LogP contribution >= 0.6 is 11.3 Å². The van der Waals surface area contributed by atoms with Crippen molar-refractivity contribution >= 4 is 127 Å². The van der Waals surface area contributed by atoms with Gasteiger partial charge in [0.1, 0.15) is 22.3 Å². The molecular formula is C52H35BN2O2S. The van der Waals surface area contributed by atoms with Gasteiger partial charge in [0.15, 0.2) is 7.28 Å². The summed E-state index contributed by atoms with van der Waals surface area (Å²) in [6.45, 7) is 6.80. The summed E-state index contributed by atoms with van der Waals surface area (Å²) < 4.78 is 18.1. The molecule has 1 N–H and O–H groups in total. The van der Waals surface area contributed by atoms with E-state index >= 15 is 0 Å². The highest BCUT2D eigenvalue weighted by Crippen LogP contribution is 2.46. The minimum atomic E-state index is 0.0781. The Balaban J connectivity index is 1.13. The summed E-state index contributed by atoms with van der Waals surface area (Å²) in [5.74, 6) is 0. The maximum atomic E-state index is 6.52. The number of fused-ring (bicyclic) bond motifs is 15. The number of aromatic nitrogens is 1. The van der Waals surface area contributed by atoms with Crippen LogP contribution in [-0.4, -0.2) is 11.8 Å². The number of thiophene rings is 1. The van der Waals surface area contributed by atoms with Gasteiger partial charge in [-0.3, -0.25) is 0 Å². The number of furan rings is 2. The molecule has 0 atom stereocenters. The fourth-order valence-corrected chi connectivity index (χ4v) is 10.9. The molecule has 0 spiro atoms. The monoisotopic (exact) mass is 762 g/mol. The van der Waals surface area contributed by atoms with Gasteiger partial charge in [-0.05, 0) is 88.7 Å². The van der Waals surface area contributed by atoms with Crippen molar-refractivity contribution < 1.29 is 8.83 Å². The van der Waals surface area contributed by atoms with Gasteiger partial charge in [-0.2, -0.15) is 0 Å². The normalized spacial score (nSPS) is 12.9. The lowest BCUT2D eigenvalue weighted by Gasteiger charge is -2.24. The molecule has 0 saturated heterocycles. The van der Waals surface area contributed by atoms with Crippen LogP contribution in [0.15, 0.2) is 154 Å². The van der Waals surface area contributed by atoms with Crippen LogP contribution in [0.3, 0.4) is 0 Å². The van der Waals surface area contributed by atoms with Crippen molar-refractivity contribution in [1.29, 1.82) is 0 Å². The Morgan fingerprint density at radius 2 is 1.29 bits per heavy atom. The second kappa shape index (κ2) is 11.4. The van der Waals surface area contributed by atoms with E-state index in [0.717, 1.165) is 57.1 Å². The van der Waals surface area contributed by atoms with Gasteiger partial charge in [0.25, 0.3) is 0 Å². The zero-order chi connectivity index (χ0) is 38.4. The van der Waals surface area contributed by atoms with Gasteiger partial charge in [-0.1, -0.05) is 105 Å². The van der Waals surface area contributed by atoms with Gasteiger partial charge < -0.3 is 18.7 Å². The fourth-order valence-electron chi connectivity index (χ4n) is 9.81. The van der Waals surface area contributed by atoms with Crippen molar-refractivity contribution in [3.8, 4) is 16.8 Å². The minimum Gasteiger partial charge on any atom is -0.456 e. The number of hydrogen-bond acceptors (Lipinski definition) is 4. The van der Waals surface area contributed by atoms with Crippen LogP contribution in [0.25, 0.3) is 103 Å². The lowest BCUT2D eigenvalue weighted by atomic mass is 9.59. The maximum Gasteiger partial charge on any atom is 0.198 e. The first-order chi connectivity index (χ1) is 28.4. The largest absolute Gasteiger partial charge is 0.456 e. The lowest BCUT2D eigenvalue weighted by molar-refractivity contribution is 0.590. The highest BCUT2D eigenvalue weighted by Gasteiger charge is 2.30. The smallest absolute Gasteiger partial charge is 0.198 e. The molecule has 6 heteroatoms. The summed E-state index contributed by atoms with van der Waals surface area (Å²) in [5.41, 5.74) is 15.8. The van der Waals surface area contributed by atoms with Crippen LogP contribution in [0.1, 0.15) is 26.3 Å². The molecule has 1 aliphatic heterocycles. The molecule has 0 bridgehead atoms. The van der Waals surface area contributed by atoms with Crippen LogP contribution in [0, 0.1) is 0 Å². The van der Waals surface area contributed by atoms with E-state index in [1.807, 2.05) is 17.4 Å². The molecule has 0 aliphatic carbocycles. The number of rotatable bonds is 3. The van der Waals surface area contributed by atoms with Crippen LogP contribution in [0.5, 0.6) is 0 Å². The Bertz CT molecular complexity index is 3720. The Morgan fingerprint density at radius 1 is 0.552 bits per heavy atom. The van der Waals surface area contributed by atoms with Crippen molar-refractivity contribution in [3.05, 3.63) is 151 Å². The van der Waals surface area contributed by atoms with Crippen LogP contribution in [0.4, 0.5) is 11.4 Å². The molecule has 13 rings (SSSR count). The van der Waals surface area contributed by atoms with E-state index in [0.29, 0.717) is 0 Å². The molecule has 4 nitrogen and oxygen atoms in total. The average molecular weight is 763 g/mol.